The average Bonchev–Trinajstić information content (AvgIpc) is 2.29. The van der Waals surface area contributed by atoms with E-state index in [0.717, 1.165) is 23.0 Å². The highest BCUT2D eigenvalue weighted by molar-refractivity contribution is 9.10. The lowest BCUT2D eigenvalue weighted by atomic mass is 9.81. The van der Waals surface area contributed by atoms with Crippen LogP contribution in [0.4, 0.5) is 0 Å². The summed E-state index contributed by atoms with van der Waals surface area (Å²) in [6, 6.07) is 7.95. The number of carboxylic acids is 1. The number of carboxylic acid groups (broad SMARTS) is 1. The van der Waals surface area contributed by atoms with Crippen LogP contribution in [0, 0.1) is 5.92 Å². The van der Waals surface area contributed by atoms with Gasteiger partial charge in [-0.05, 0) is 36.6 Å². The van der Waals surface area contributed by atoms with Crippen LogP contribution in [0.1, 0.15) is 17.9 Å². The number of halogens is 1. The van der Waals surface area contributed by atoms with Crippen LogP contribution >= 0.6 is 15.9 Å². The number of piperidine rings is 1. The van der Waals surface area contributed by atoms with Gasteiger partial charge in [-0.15, -0.1) is 0 Å². The molecule has 0 aliphatic carbocycles. The number of nitrogens with one attached hydrogen (secondary N) is 1. The lowest BCUT2D eigenvalue weighted by Gasteiger charge is -2.29. The summed E-state index contributed by atoms with van der Waals surface area (Å²) in [6.07, 6.45) is 0.882. The number of aliphatic carboxylic acids is 1. The van der Waals surface area contributed by atoms with Crippen LogP contribution in [-0.4, -0.2) is 24.2 Å². The first-order valence-electron chi connectivity index (χ1n) is 5.37. The first-order chi connectivity index (χ1) is 7.68. The standard InChI is InChI=1S/C12H14BrNO2/c13-9-3-1-2-8(6-9)10-4-5-14-7-11(10)12(15)16/h1-3,6,10-11,14H,4-5,7H2,(H,15,16)/t10-,11+/m1/s1. The van der Waals surface area contributed by atoms with Gasteiger partial charge < -0.3 is 10.4 Å². The molecule has 0 saturated carbocycles. The molecule has 0 unspecified atom stereocenters. The van der Waals surface area contributed by atoms with Crippen LogP contribution in [0.25, 0.3) is 0 Å². The second kappa shape index (κ2) is 4.97. The van der Waals surface area contributed by atoms with Crippen LogP contribution in [0.2, 0.25) is 0 Å². The first-order valence-corrected chi connectivity index (χ1v) is 6.17. The highest BCUT2D eigenvalue weighted by atomic mass is 79.9. The van der Waals surface area contributed by atoms with Crippen molar-refractivity contribution >= 4 is 21.9 Å². The van der Waals surface area contributed by atoms with Crippen molar-refractivity contribution in [3.63, 3.8) is 0 Å². The molecule has 0 amide bonds. The molecule has 1 aliphatic rings. The highest BCUT2D eigenvalue weighted by Gasteiger charge is 2.31. The number of rotatable bonds is 2. The predicted octanol–water partition coefficient (Wildman–Crippen LogP) is 2.23. The summed E-state index contributed by atoms with van der Waals surface area (Å²) >= 11 is 3.42. The van der Waals surface area contributed by atoms with Crippen molar-refractivity contribution in [2.75, 3.05) is 13.1 Å². The van der Waals surface area contributed by atoms with Crippen LogP contribution in [0.5, 0.6) is 0 Å². The normalized spacial score (nSPS) is 25.3. The molecule has 0 aromatic heterocycles. The van der Waals surface area contributed by atoms with Crippen molar-refractivity contribution in [1.82, 2.24) is 5.32 Å². The quantitative estimate of drug-likeness (QED) is 0.875. The van der Waals surface area contributed by atoms with Crippen molar-refractivity contribution in [2.45, 2.75) is 12.3 Å². The minimum Gasteiger partial charge on any atom is -0.481 e. The monoisotopic (exact) mass is 283 g/mol. The van der Waals surface area contributed by atoms with E-state index in [1.54, 1.807) is 0 Å². The molecule has 16 heavy (non-hydrogen) atoms. The maximum absolute atomic E-state index is 11.2. The smallest absolute Gasteiger partial charge is 0.308 e. The van der Waals surface area contributed by atoms with Gasteiger partial charge in [0.05, 0.1) is 5.92 Å². The minimum absolute atomic E-state index is 0.122. The van der Waals surface area contributed by atoms with Gasteiger partial charge in [-0.3, -0.25) is 4.79 Å². The van der Waals surface area contributed by atoms with Crippen LogP contribution in [0.15, 0.2) is 28.7 Å². The van der Waals surface area contributed by atoms with Crippen LogP contribution in [0.3, 0.4) is 0 Å². The van der Waals surface area contributed by atoms with Gasteiger partial charge >= 0.3 is 5.97 Å². The van der Waals surface area contributed by atoms with Crippen molar-refractivity contribution in [1.29, 1.82) is 0 Å². The molecular weight excluding hydrogens is 270 g/mol. The summed E-state index contributed by atoms with van der Waals surface area (Å²) in [5, 5.41) is 12.3. The number of hydrogen-bond acceptors (Lipinski definition) is 2. The van der Waals surface area contributed by atoms with Gasteiger partial charge in [-0.1, -0.05) is 28.1 Å². The highest BCUT2D eigenvalue weighted by Crippen LogP contribution is 2.31. The average molecular weight is 284 g/mol. The molecule has 1 fully saturated rings. The number of hydrogen-bond donors (Lipinski definition) is 2. The zero-order chi connectivity index (χ0) is 11.5. The Hall–Kier alpha value is -0.870. The molecule has 0 bridgehead atoms. The number of benzene rings is 1. The van der Waals surface area contributed by atoms with E-state index >= 15 is 0 Å². The summed E-state index contributed by atoms with van der Waals surface area (Å²) in [5.41, 5.74) is 1.11. The van der Waals surface area contributed by atoms with Crippen LogP contribution in [-0.2, 0) is 4.79 Å². The summed E-state index contributed by atoms with van der Waals surface area (Å²) < 4.78 is 1.01. The van der Waals surface area contributed by atoms with Crippen molar-refractivity contribution < 1.29 is 9.90 Å². The van der Waals surface area contributed by atoms with Crippen molar-refractivity contribution in [3.05, 3.63) is 34.3 Å². The Kier molecular flexibility index (Phi) is 3.61. The molecule has 1 aromatic carbocycles. The second-order valence-corrected chi connectivity index (χ2v) is 5.01. The summed E-state index contributed by atoms with van der Waals surface area (Å²) in [5.74, 6) is -0.906. The van der Waals surface area contributed by atoms with E-state index in [0.29, 0.717) is 6.54 Å². The molecule has 3 nitrogen and oxygen atoms in total. The lowest BCUT2D eigenvalue weighted by Crippen LogP contribution is -2.39. The topological polar surface area (TPSA) is 49.3 Å². The summed E-state index contributed by atoms with van der Waals surface area (Å²) in [4.78, 5) is 11.2. The molecule has 1 aromatic rings. The molecule has 4 heteroatoms. The Bertz CT molecular complexity index is 394. The largest absolute Gasteiger partial charge is 0.481 e. The fraction of sp³-hybridized carbons (Fsp3) is 0.417. The third kappa shape index (κ3) is 2.44. The van der Waals surface area contributed by atoms with E-state index < -0.39 is 5.97 Å². The van der Waals surface area contributed by atoms with Crippen molar-refractivity contribution in [2.24, 2.45) is 5.92 Å². The van der Waals surface area contributed by atoms with Gasteiger partial charge in [-0.25, -0.2) is 0 Å². The van der Waals surface area contributed by atoms with E-state index in [1.807, 2.05) is 24.3 Å². The molecular formula is C12H14BrNO2. The summed E-state index contributed by atoms with van der Waals surface area (Å²) in [6.45, 7) is 1.45. The van der Waals surface area contributed by atoms with Crippen molar-refractivity contribution in [3.8, 4) is 0 Å². The van der Waals surface area contributed by atoms with Gasteiger partial charge in [0, 0.05) is 11.0 Å². The Balaban J connectivity index is 2.26. The van der Waals surface area contributed by atoms with Gasteiger partial charge in [0.1, 0.15) is 0 Å². The van der Waals surface area contributed by atoms with Gasteiger partial charge in [0.25, 0.3) is 0 Å². The van der Waals surface area contributed by atoms with E-state index in [4.69, 9.17) is 0 Å². The zero-order valence-electron chi connectivity index (χ0n) is 8.82. The Morgan fingerprint density at radius 2 is 2.31 bits per heavy atom. The van der Waals surface area contributed by atoms with E-state index in [1.165, 1.54) is 0 Å². The maximum Gasteiger partial charge on any atom is 0.308 e. The molecule has 1 saturated heterocycles. The molecule has 0 radical (unpaired) electrons. The first kappa shape index (κ1) is 11.6. The van der Waals surface area contributed by atoms with Gasteiger partial charge in [-0.2, -0.15) is 0 Å². The molecule has 1 heterocycles. The summed E-state index contributed by atoms with van der Waals surface area (Å²) in [7, 11) is 0. The zero-order valence-corrected chi connectivity index (χ0v) is 10.4. The fourth-order valence-electron chi connectivity index (χ4n) is 2.25. The minimum atomic E-state index is -0.711. The van der Waals surface area contributed by atoms with Gasteiger partial charge in [0.2, 0.25) is 0 Å². The molecule has 2 N–H and O–H groups in total. The lowest BCUT2D eigenvalue weighted by molar-refractivity contribution is -0.142. The SMILES string of the molecule is O=C(O)[C@H]1CNCC[C@@H]1c1cccc(Br)c1. The van der Waals surface area contributed by atoms with Crippen LogP contribution < -0.4 is 5.32 Å². The third-order valence-electron chi connectivity index (χ3n) is 3.08. The Labute approximate surface area is 103 Å². The predicted molar refractivity (Wildman–Crippen MR) is 65.5 cm³/mol. The van der Waals surface area contributed by atoms with E-state index in [9.17, 15) is 9.90 Å². The Morgan fingerprint density at radius 1 is 1.50 bits per heavy atom. The van der Waals surface area contributed by atoms with E-state index in [2.05, 4.69) is 21.2 Å². The fourth-order valence-corrected chi connectivity index (χ4v) is 2.67. The van der Waals surface area contributed by atoms with E-state index in [-0.39, 0.29) is 11.8 Å². The van der Waals surface area contributed by atoms with Gasteiger partial charge in [0.15, 0.2) is 0 Å². The second-order valence-electron chi connectivity index (χ2n) is 4.10. The third-order valence-corrected chi connectivity index (χ3v) is 3.57. The maximum atomic E-state index is 11.2. The Morgan fingerprint density at radius 3 is 3.00 bits per heavy atom. The molecule has 2 atom stereocenters. The molecule has 2 rings (SSSR count). The molecule has 0 spiro atoms. The molecule has 1 aliphatic heterocycles. The number of carbonyl (C=O) groups is 1. The molecule has 86 valence electrons.